The van der Waals surface area contributed by atoms with Crippen LogP contribution in [0.15, 0.2) is 29.7 Å². The number of ether oxygens (including phenoxy) is 1. The lowest BCUT2D eigenvalue weighted by Gasteiger charge is -2.41. The zero-order valence-corrected chi connectivity index (χ0v) is 16.8. The topological polar surface area (TPSA) is 41.6 Å². The van der Waals surface area contributed by atoms with Gasteiger partial charge < -0.3 is 14.9 Å². The van der Waals surface area contributed by atoms with Crippen LogP contribution < -0.4 is 5.23 Å². The van der Waals surface area contributed by atoms with E-state index in [2.05, 4.69) is 35.6 Å². The SMILES string of the molecule is CC(C)(C)OC(=O)N1CCC(C2=Cc3ccccc3NB2C2CCC2)CC1. The molecule has 1 aliphatic carbocycles. The van der Waals surface area contributed by atoms with Gasteiger partial charge in [0.05, 0.1) is 0 Å². The molecule has 0 atom stereocenters. The first-order valence-electron chi connectivity index (χ1n) is 10.5. The van der Waals surface area contributed by atoms with Crippen LogP contribution in [0.3, 0.4) is 0 Å². The second-order valence-corrected chi connectivity index (χ2v) is 9.29. The summed E-state index contributed by atoms with van der Waals surface area (Å²) in [6.07, 6.45) is 8.33. The molecule has 27 heavy (non-hydrogen) atoms. The van der Waals surface area contributed by atoms with E-state index in [0.29, 0.717) is 12.8 Å². The van der Waals surface area contributed by atoms with Crippen molar-refractivity contribution < 1.29 is 9.53 Å². The van der Waals surface area contributed by atoms with Crippen LogP contribution in [0.1, 0.15) is 58.4 Å². The van der Waals surface area contributed by atoms with E-state index in [9.17, 15) is 4.79 Å². The number of rotatable bonds is 2. The number of hydrogen-bond donors (Lipinski definition) is 1. The molecule has 4 nitrogen and oxygen atoms in total. The number of benzene rings is 1. The summed E-state index contributed by atoms with van der Waals surface area (Å²) in [5, 5.41) is 3.84. The Morgan fingerprint density at radius 2 is 1.85 bits per heavy atom. The quantitative estimate of drug-likeness (QED) is 0.729. The van der Waals surface area contributed by atoms with E-state index in [4.69, 9.17) is 4.74 Å². The molecule has 5 heteroatoms. The summed E-state index contributed by atoms with van der Waals surface area (Å²) < 4.78 is 5.55. The number of nitrogens with one attached hydrogen (secondary N) is 1. The number of fused-ring (bicyclic) bond motifs is 1. The van der Waals surface area contributed by atoms with E-state index in [1.807, 2.05) is 25.7 Å². The van der Waals surface area contributed by atoms with Gasteiger partial charge in [0.1, 0.15) is 5.60 Å². The summed E-state index contributed by atoms with van der Waals surface area (Å²) in [6, 6.07) is 8.62. The van der Waals surface area contributed by atoms with Gasteiger partial charge in [0, 0.05) is 18.8 Å². The molecule has 0 radical (unpaired) electrons. The van der Waals surface area contributed by atoms with Crippen LogP contribution in [0.2, 0.25) is 5.82 Å². The van der Waals surface area contributed by atoms with Gasteiger partial charge in [-0.15, -0.1) is 0 Å². The summed E-state index contributed by atoms with van der Waals surface area (Å²) in [6.45, 7) is 7.82. The van der Waals surface area contributed by atoms with Crippen LogP contribution in [-0.4, -0.2) is 36.5 Å². The Morgan fingerprint density at radius 3 is 2.48 bits per heavy atom. The maximum absolute atomic E-state index is 12.4. The van der Waals surface area contributed by atoms with Gasteiger partial charge in [-0.2, -0.15) is 0 Å². The van der Waals surface area contributed by atoms with Crippen LogP contribution in [0.25, 0.3) is 6.08 Å². The van der Waals surface area contributed by atoms with Crippen LogP contribution >= 0.6 is 0 Å². The lowest BCUT2D eigenvalue weighted by Crippen LogP contribution is -2.45. The highest BCUT2D eigenvalue weighted by molar-refractivity contribution is 6.73. The fourth-order valence-electron chi connectivity index (χ4n) is 4.53. The number of hydrogen-bond acceptors (Lipinski definition) is 3. The second-order valence-electron chi connectivity index (χ2n) is 9.29. The first kappa shape index (κ1) is 18.5. The molecule has 2 aliphatic heterocycles. The zero-order valence-electron chi connectivity index (χ0n) is 16.8. The zero-order chi connectivity index (χ0) is 19.0. The summed E-state index contributed by atoms with van der Waals surface area (Å²) >= 11 is 0. The number of amides is 1. The van der Waals surface area contributed by atoms with Gasteiger partial charge in [-0.3, -0.25) is 0 Å². The highest BCUT2D eigenvalue weighted by atomic mass is 16.6. The van der Waals surface area contributed by atoms with Gasteiger partial charge in [-0.1, -0.05) is 49.0 Å². The first-order chi connectivity index (χ1) is 12.9. The molecule has 1 aromatic rings. The minimum Gasteiger partial charge on any atom is -0.444 e. The molecular weight excluding hydrogens is 335 g/mol. The van der Waals surface area contributed by atoms with Crippen molar-refractivity contribution in [2.24, 2.45) is 5.92 Å². The highest BCUT2D eigenvalue weighted by Crippen LogP contribution is 2.44. The van der Waals surface area contributed by atoms with E-state index in [1.165, 1.54) is 30.5 Å². The maximum Gasteiger partial charge on any atom is 0.410 e. The van der Waals surface area contributed by atoms with Gasteiger partial charge in [-0.25, -0.2) is 4.79 Å². The molecule has 2 fully saturated rings. The fraction of sp³-hybridized carbons (Fsp3) is 0.591. The van der Waals surface area contributed by atoms with Gasteiger partial charge >= 0.3 is 6.09 Å². The van der Waals surface area contributed by atoms with Crippen molar-refractivity contribution >= 4 is 24.7 Å². The number of carbonyl (C=O) groups is 1. The van der Waals surface area contributed by atoms with Crippen molar-refractivity contribution in [3.8, 4) is 0 Å². The van der Waals surface area contributed by atoms with E-state index in [0.717, 1.165) is 31.7 Å². The van der Waals surface area contributed by atoms with Gasteiger partial charge in [0.2, 0.25) is 0 Å². The molecule has 2 heterocycles. The molecule has 144 valence electrons. The largest absolute Gasteiger partial charge is 0.444 e. The minimum absolute atomic E-state index is 0.169. The van der Waals surface area contributed by atoms with Crippen LogP contribution in [-0.2, 0) is 4.74 Å². The average Bonchev–Trinajstić information content (AvgIpc) is 2.58. The van der Waals surface area contributed by atoms with Crippen molar-refractivity contribution in [1.82, 2.24) is 4.90 Å². The Balaban J connectivity index is 1.47. The summed E-state index contributed by atoms with van der Waals surface area (Å²) in [4.78, 5) is 14.2. The monoisotopic (exact) mass is 366 g/mol. The molecule has 1 N–H and O–H groups in total. The molecule has 4 rings (SSSR count). The molecule has 0 bridgehead atoms. The number of piperidine rings is 1. The van der Waals surface area contributed by atoms with Gasteiger partial charge in [0.15, 0.2) is 0 Å². The maximum atomic E-state index is 12.4. The summed E-state index contributed by atoms with van der Waals surface area (Å²) in [7, 11) is 0. The molecule has 0 unspecified atom stereocenters. The number of allylic oxidation sites excluding steroid dienone is 1. The summed E-state index contributed by atoms with van der Waals surface area (Å²) in [5.74, 6) is 1.31. The number of likely N-dealkylation sites (tertiary alicyclic amines) is 1. The first-order valence-corrected chi connectivity index (χ1v) is 10.5. The second kappa shape index (κ2) is 7.25. The molecule has 1 saturated carbocycles. The third-order valence-corrected chi connectivity index (χ3v) is 6.19. The molecule has 0 spiro atoms. The Bertz CT molecular complexity index is 728. The van der Waals surface area contributed by atoms with Crippen molar-refractivity contribution in [3.63, 3.8) is 0 Å². The molecule has 0 aromatic heterocycles. The third kappa shape index (κ3) is 4.02. The summed E-state index contributed by atoms with van der Waals surface area (Å²) in [5.41, 5.74) is 3.70. The Labute approximate surface area is 163 Å². The van der Waals surface area contributed by atoms with E-state index in [1.54, 1.807) is 5.47 Å². The van der Waals surface area contributed by atoms with Crippen LogP contribution in [0.5, 0.6) is 0 Å². The predicted molar refractivity (Wildman–Crippen MR) is 112 cm³/mol. The molecule has 3 aliphatic rings. The Hall–Kier alpha value is -1.91. The van der Waals surface area contributed by atoms with E-state index in [-0.39, 0.29) is 6.09 Å². The van der Waals surface area contributed by atoms with Crippen molar-refractivity contribution in [3.05, 3.63) is 35.3 Å². The molecular formula is C22H31BN2O2. The smallest absolute Gasteiger partial charge is 0.410 e. The average molecular weight is 366 g/mol. The molecule has 1 amide bonds. The molecule has 1 saturated heterocycles. The minimum atomic E-state index is -0.428. The van der Waals surface area contributed by atoms with Gasteiger partial charge in [0.25, 0.3) is 6.85 Å². The lowest BCUT2D eigenvalue weighted by molar-refractivity contribution is 0.0196. The number of anilines is 1. The van der Waals surface area contributed by atoms with Crippen LogP contribution in [0, 0.1) is 5.92 Å². The van der Waals surface area contributed by atoms with Gasteiger partial charge in [-0.05, 0) is 57.0 Å². The van der Waals surface area contributed by atoms with Crippen molar-refractivity contribution in [2.45, 2.75) is 64.3 Å². The van der Waals surface area contributed by atoms with Crippen LogP contribution in [0.4, 0.5) is 10.5 Å². The standard InChI is InChI=1S/C22H31BN2O2/c1-22(2,3)27-21(26)25-13-11-16(12-14-25)19-15-17-7-4-5-10-20(17)24-23(19)18-8-6-9-18/h4-5,7,10,15-16,18,24H,6,8-9,11-14H2,1-3H3. The number of para-hydroxylation sites is 1. The van der Waals surface area contributed by atoms with E-state index >= 15 is 0 Å². The fourth-order valence-corrected chi connectivity index (χ4v) is 4.53. The highest BCUT2D eigenvalue weighted by Gasteiger charge is 2.40. The normalized spacial score (nSPS) is 21.1. The number of carbonyl (C=O) groups excluding carboxylic acids is 1. The third-order valence-electron chi connectivity index (χ3n) is 6.19. The Kier molecular flexibility index (Phi) is 4.96. The number of nitrogens with zero attached hydrogens (tertiary/aromatic N) is 1. The Morgan fingerprint density at radius 1 is 1.15 bits per heavy atom. The lowest BCUT2D eigenvalue weighted by atomic mass is 9.37. The van der Waals surface area contributed by atoms with Crippen molar-refractivity contribution in [2.75, 3.05) is 18.3 Å². The predicted octanol–water partition coefficient (Wildman–Crippen LogP) is 5.23. The van der Waals surface area contributed by atoms with Crippen molar-refractivity contribution in [1.29, 1.82) is 0 Å². The molecule has 1 aromatic carbocycles. The van der Waals surface area contributed by atoms with E-state index < -0.39 is 5.60 Å².